The van der Waals surface area contributed by atoms with Crippen molar-refractivity contribution >= 4 is 39.0 Å². The van der Waals surface area contributed by atoms with Gasteiger partial charge in [-0.2, -0.15) is 20.4 Å². The van der Waals surface area contributed by atoms with Crippen LogP contribution in [0, 0.1) is 5.21 Å². The van der Waals surface area contributed by atoms with Crippen LogP contribution in [0.1, 0.15) is 36.5 Å². The molecule has 2 aromatic heterocycles. The first kappa shape index (κ1) is 23.3. The molecule has 2 saturated heterocycles. The molecule has 176 valence electrons. The number of fused-ring (bicyclic) bond motifs is 1. The zero-order valence-electron chi connectivity index (χ0n) is 17.9. The maximum atomic E-state index is 13.3. The largest absolute Gasteiger partial charge is 0.619 e. The van der Waals surface area contributed by atoms with Gasteiger partial charge in [-0.3, -0.25) is 14.4 Å². The molecule has 10 nitrogen and oxygen atoms in total. The molecule has 0 radical (unpaired) electrons. The third kappa shape index (κ3) is 4.37. The number of nitrogens with zero attached hydrogens (tertiary/aromatic N) is 3. The number of ketones is 1. The number of hydrogen-bond acceptors (Lipinski definition) is 7. The van der Waals surface area contributed by atoms with Crippen LogP contribution < -0.4 is 10.0 Å². The fourth-order valence-corrected chi connectivity index (χ4v) is 6.71. The van der Waals surface area contributed by atoms with Crippen molar-refractivity contribution in [2.45, 2.75) is 49.2 Å². The molecular formula is C21H24N4O6S2. The minimum absolute atomic E-state index is 0.204. The Kier molecular flexibility index (Phi) is 6.50. The Labute approximate surface area is 195 Å². The molecule has 4 rings (SSSR count). The number of rotatable bonds is 7. The van der Waals surface area contributed by atoms with Gasteiger partial charge in [-0.25, -0.2) is 8.42 Å². The highest BCUT2D eigenvalue weighted by atomic mass is 32.2. The predicted octanol–water partition coefficient (Wildman–Crippen LogP) is 0.523. The van der Waals surface area contributed by atoms with E-state index in [1.165, 1.54) is 34.6 Å². The Morgan fingerprint density at radius 1 is 1.36 bits per heavy atom. The quantitative estimate of drug-likeness (QED) is 0.443. The highest BCUT2D eigenvalue weighted by Gasteiger charge is 2.54. The Balaban J connectivity index is 1.54. The van der Waals surface area contributed by atoms with Crippen LogP contribution in [0.5, 0.6) is 0 Å². The molecule has 2 aliphatic rings. The van der Waals surface area contributed by atoms with E-state index in [4.69, 9.17) is 0 Å². The summed E-state index contributed by atoms with van der Waals surface area (Å²) in [5.74, 6) is -1.13. The zero-order chi connectivity index (χ0) is 23.8. The number of likely N-dealkylation sites (tertiary alicyclic amines) is 1. The molecule has 0 spiro atoms. The molecule has 2 aromatic rings. The Hall–Kier alpha value is -2.83. The summed E-state index contributed by atoms with van der Waals surface area (Å²) in [4.78, 5) is 39.9. The minimum atomic E-state index is -4.09. The zero-order valence-corrected chi connectivity index (χ0v) is 19.5. The van der Waals surface area contributed by atoms with Gasteiger partial charge in [-0.1, -0.05) is 13.3 Å². The number of sulfonamides is 1. The van der Waals surface area contributed by atoms with Crippen molar-refractivity contribution in [1.29, 1.82) is 0 Å². The topological polar surface area (TPSA) is 131 Å². The fourth-order valence-electron chi connectivity index (χ4n) is 4.44. The van der Waals surface area contributed by atoms with E-state index in [9.17, 15) is 28.0 Å². The van der Waals surface area contributed by atoms with Crippen molar-refractivity contribution in [2.24, 2.45) is 0 Å². The molecule has 12 heteroatoms. The summed E-state index contributed by atoms with van der Waals surface area (Å²) in [6.07, 6.45) is 3.45. The van der Waals surface area contributed by atoms with Crippen LogP contribution in [0.15, 0.2) is 46.2 Å². The standard InChI is InChI=1S/C21H24N4O6S2/c1-2-4-16(22-20(27)14-7-10-32-13-14)21(28)24-9-6-17-19(24)18(26)12-25(17)33(30,31)15-5-3-8-23(29)11-15/h3,5,7-8,10-11,13,16-17,19H,2,4,6,9,12H2,1H3,(H,22,27). The molecule has 2 amide bonds. The molecule has 0 bridgehead atoms. The third-order valence-corrected chi connectivity index (χ3v) is 8.52. The lowest BCUT2D eigenvalue weighted by Crippen LogP contribution is -2.52. The summed E-state index contributed by atoms with van der Waals surface area (Å²) in [6, 6.07) is 1.86. The predicted molar refractivity (Wildman–Crippen MR) is 119 cm³/mol. The van der Waals surface area contributed by atoms with E-state index < -0.39 is 34.1 Å². The van der Waals surface area contributed by atoms with Gasteiger partial charge in [0, 0.05) is 18.0 Å². The van der Waals surface area contributed by atoms with E-state index in [0.717, 1.165) is 10.5 Å². The minimum Gasteiger partial charge on any atom is -0.619 e. The summed E-state index contributed by atoms with van der Waals surface area (Å²) in [5.41, 5.74) is 0.459. The van der Waals surface area contributed by atoms with E-state index in [1.54, 1.807) is 16.8 Å². The number of carbonyl (C=O) groups is 3. The first-order chi connectivity index (χ1) is 15.7. The number of hydrogen-bond donors (Lipinski definition) is 1. The Bertz CT molecular complexity index is 1170. The summed E-state index contributed by atoms with van der Waals surface area (Å²) in [7, 11) is -4.09. The number of Topliss-reactive ketones (excluding diaryl/α,β-unsaturated/α-hetero) is 1. The molecule has 1 N–H and O–H groups in total. The highest BCUT2D eigenvalue weighted by molar-refractivity contribution is 7.89. The lowest BCUT2D eigenvalue weighted by molar-refractivity contribution is -0.607. The van der Waals surface area contributed by atoms with Crippen LogP contribution in [0.25, 0.3) is 0 Å². The van der Waals surface area contributed by atoms with Gasteiger partial charge >= 0.3 is 0 Å². The van der Waals surface area contributed by atoms with E-state index in [0.29, 0.717) is 29.6 Å². The second-order valence-corrected chi connectivity index (χ2v) is 10.7. The van der Waals surface area contributed by atoms with Gasteiger partial charge < -0.3 is 15.4 Å². The molecular weight excluding hydrogens is 468 g/mol. The van der Waals surface area contributed by atoms with E-state index in [2.05, 4.69) is 5.32 Å². The monoisotopic (exact) mass is 492 g/mol. The lowest BCUT2D eigenvalue weighted by Gasteiger charge is -2.28. The van der Waals surface area contributed by atoms with Gasteiger partial charge in [-0.15, -0.1) is 0 Å². The van der Waals surface area contributed by atoms with Crippen LogP contribution in [0.3, 0.4) is 0 Å². The van der Waals surface area contributed by atoms with E-state index in [-0.39, 0.29) is 29.7 Å². The van der Waals surface area contributed by atoms with Gasteiger partial charge in [0.1, 0.15) is 17.0 Å². The van der Waals surface area contributed by atoms with Crippen molar-refractivity contribution in [3.63, 3.8) is 0 Å². The normalized spacial score (nSPS) is 21.7. The molecule has 3 unspecified atom stereocenters. The Morgan fingerprint density at radius 3 is 2.82 bits per heavy atom. The molecule has 2 fully saturated rings. The molecule has 33 heavy (non-hydrogen) atoms. The van der Waals surface area contributed by atoms with Crippen LogP contribution in [0.2, 0.25) is 0 Å². The maximum Gasteiger partial charge on any atom is 0.252 e. The maximum absolute atomic E-state index is 13.3. The molecule has 0 saturated carbocycles. The third-order valence-electron chi connectivity index (χ3n) is 5.98. The lowest BCUT2D eigenvalue weighted by atomic mass is 10.1. The van der Waals surface area contributed by atoms with Gasteiger partial charge in [0.2, 0.25) is 15.9 Å². The van der Waals surface area contributed by atoms with Crippen LogP contribution >= 0.6 is 11.3 Å². The smallest absolute Gasteiger partial charge is 0.252 e. The first-order valence-corrected chi connectivity index (χ1v) is 13.0. The SMILES string of the molecule is CCCC(NC(=O)c1ccsc1)C(=O)N1CCC2C1C(=O)CN2S(=O)(=O)c1ccc[n+]([O-])c1. The summed E-state index contributed by atoms with van der Waals surface area (Å²) in [5, 5.41) is 17.8. The van der Waals surface area contributed by atoms with Crippen molar-refractivity contribution in [3.05, 3.63) is 52.1 Å². The average molecular weight is 493 g/mol. The summed E-state index contributed by atoms with van der Waals surface area (Å²) in [6.45, 7) is 1.73. The van der Waals surface area contributed by atoms with Crippen LogP contribution in [-0.4, -0.2) is 66.4 Å². The molecule has 0 aromatic carbocycles. The van der Waals surface area contributed by atoms with E-state index >= 15 is 0 Å². The second-order valence-electron chi connectivity index (χ2n) is 8.08. The number of nitrogens with one attached hydrogen (secondary N) is 1. The molecule has 4 heterocycles. The van der Waals surface area contributed by atoms with Gasteiger partial charge in [0.05, 0.1) is 18.2 Å². The van der Waals surface area contributed by atoms with E-state index in [1.807, 2.05) is 6.92 Å². The molecule has 3 atom stereocenters. The van der Waals surface area contributed by atoms with Gasteiger partial charge in [0.25, 0.3) is 5.91 Å². The van der Waals surface area contributed by atoms with Crippen LogP contribution in [0.4, 0.5) is 0 Å². The number of pyridine rings is 1. The highest BCUT2D eigenvalue weighted by Crippen LogP contribution is 2.34. The molecule has 2 aliphatic heterocycles. The first-order valence-electron chi connectivity index (χ1n) is 10.6. The van der Waals surface area contributed by atoms with Crippen molar-refractivity contribution in [1.82, 2.24) is 14.5 Å². The summed E-state index contributed by atoms with van der Waals surface area (Å²) < 4.78 is 27.7. The summed E-state index contributed by atoms with van der Waals surface area (Å²) >= 11 is 1.37. The number of aromatic nitrogens is 1. The number of amides is 2. The average Bonchev–Trinajstić information content (AvgIpc) is 3.52. The second kappa shape index (κ2) is 9.20. The number of thiophene rings is 1. The van der Waals surface area contributed by atoms with Crippen molar-refractivity contribution < 1.29 is 27.5 Å². The Morgan fingerprint density at radius 2 is 2.15 bits per heavy atom. The fraction of sp³-hybridized carbons (Fsp3) is 0.429. The van der Waals surface area contributed by atoms with Crippen molar-refractivity contribution in [3.8, 4) is 0 Å². The van der Waals surface area contributed by atoms with Gasteiger partial charge in [-0.05, 0) is 30.4 Å². The van der Waals surface area contributed by atoms with Gasteiger partial charge in [0.15, 0.2) is 18.2 Å². The number of carbonyl (C=O) groups excluding carboxylic acids is 3. The van der Waals surface area contributed by atoms with Crippen LogP contribution in [-0.2, 0) is 19.6 Å². The molecule has 0 aliphatic carbocycles. The van der Waals surface area contributed by atoms with Crippen molar-refractivity contribution in [2.75, 3.05) is 13.1 Å².